The maximum Gasteiger partial charge on any atom is 0.500 e. The van der Waals surface area contributed by atoms with Crippen LogP contribution in [0.25, 0.3) is 0 Å². The van der Waals surface area contributed by atoms with E-state index in [0.29, 0.717) is 46.6 Å². The fourth-order valence-electron chi connectivity index (χ4n) is 2.74. The Morgan fingerprint density at radius 3 is 1.20 bits per heavy atom. The third-order valence-corrected chi connectivity index (χ3v) is 9.88. The lowest BCUT2D eigenvalue weighted by atomic mass is 10.0. The Morgan fingerprint density at radius 2 is 1.00 bits per heavy atom. The Kier molecular flexibility index (Phi) is 34.4. The molecule has 0 aromatic carbocycles. The summed E-state index contributed by atoms with van der Waals surface area (Å²) in [5, 5.41) is 25.6. The van der Waals surface area contributed by atoms with Gasteiger partial charge in [-0.25, -0.2) is 0 Å². The summed E-state index contributed by atoms with van der Waals surface area (Å²) in [6.45, 7) is 20.9. The molecule has 0 aliphatic heterocycles. The van der Waals surface area contributed by atoms with Crippen LogP contribution in [0.3, 0.4) is 0 Å². The van der Waals surface area contributed by atoms with Crippen LogP contribution in [0.4, 0.5) is 26.3 Å². The van der Waals surface area contributed by atoms with Crippen molar-refractivity contribution in [3.8, 4) is 0 Å². The molecule has 272 valence electrons. The van der Waals surface area contributed by atoms with Gasteiger partial charge < -0.3 is 41.9 Å². The minimum Gasteiger partial charge on any atom is -0.397 e. The molecule has 0 aromatic rings. The monoisotopic (exact) mass is 698 g/mol. The molecule has 2 atom stereocenters. The van der Waals surface area contributed by atoms with Gasteiger partial charge in [-0.05, 0) is 75.2 Å². The van der Waals surface area contributed by atoms with Gasteiger partial charge in [-0.1, -0.05) is 13.5 Å². The first-order valence-electron chi connectivity index (χ1n) is 14.3. The molecule has 0 aromatic heterocycles. The quantitative estimate of drug-likeness (QED) is 0.0844. The molecule has 17 heteroatoms. The second kappa shape index (κ2) is 28.6. The lowest BCUT2D eigenvalue weighted by Crippen LogP contribution is -2.47. The van der Waals surface area contributed by atoms with E-state index in [0.717, 1.165) is 13.0 Å². The zero-order valence-electron chi connectivity index (χ0n) is 27.2. The molecule has 0 saturated carbocycles. The van der Waals surface area contributed by atoms with Crippen molar-refractivity contribution in [2.75, 3.05) is 46.2 Å². The van der Waals surface area contributed by atoms with E-state index in [1.165, 1.54) is 0 Å². The Labute approximate surface area is 264 Å². The van der Waals surface area contributed by atoms with Gasteiger partial charge in [0.05, 0.1) is 0 Å². The van der Waals surface area contributed by atoms with E-state index in [-0.39, 0.29) is 26.5 Å². The first-order chi connectivity index (χ1) is 19.7. The molecular formula is C27H60F6O9Si2. The molecule has 0 aliphatic carbocycles. The van der Waals surface area contributed by atoms with Crippen LogP contribution in [0.2, 0.25) is 6.04 Å². The molecule has 0 spiro atoms. The molecule has 2 unspecified atom stereocenters. The van der Waals surface area contributed by atoms with Crippen LogP contribution < -0.4 is 0 Å². The summed E-state index contributed by atoms with van der Waals surface area (Å²) in [6, 6.07) is 0.259. The topological polar surface area (TPSA) is 116 Å². The summed E-state index contributed by atoms with van der Waals surface area (Å²) >= 11 is 0. The Balaban J connectivity index is -0.000000178. The summed E-state index contributed by atoms with van der Waals surface area (Å²) in [4.78, 5) is 0. The highest BCUT2D eigenvalue weighted by atomic mass is 28.4. The predicted octanol–water partition coefficient (Wildman–Crippen LogP) is 6.45. The molecule has 44 heavy (non-hydrogen) atoms. The molecule has 0 heterocycles. The third kappa shape index (κ3) is 26.6. The van der Waals surface area contributed by atoms with Gasteiger partial charge in [0.15, 0.2) is 11.2 Å². The summed E-state index contributed by atoms with van der Waals surface area (Å²) in [6.07, 6.45) is -8.93. The SMILES string of the molecule is C.C=CCC(C)(O)C(F)(F)F.CCO.CCO[SiH](OCC)OCC.CCO[Si](CCCC(C)(O)C(F)(F)F)(OCC)OCC. The van der Waals surface area contributed by atoms with Crippen LogP contribution in [-0.4, -0.2) is 103 Å². The number of rotatable bonds is 18. The van der Waals surface area contributed by atoms with Crippen LogP contribution >= 0.6 is 0 Å². The molecule has 0 bridgehead atoms. The van der Waals surface area contributed by atoms with E-state index in [1.807, 2.05) is 20.8 Å². The standard InChI is InChI=1S/C12H25F3O4Si.C6H9F3O.C6H16O3Si.C2H6O.CH4/c1-5-17-20(18-6-2,19-7-3)10-8-9-11(4,16)12(13,14)15;1-3-4-5(2,10)6(7,8)9;1-4-7-10(8-5-2)9-6-3;1-2-3;/h16H,5-10H2,1-4H3;3,10H,1,4H2,2H3;10H,4-6H2,1-3H3;3H,2H2,1H3;1H4. The zero-order valence-corrected chi connectivity index (χ0v) is 29.4. The molecule has 0 radical (unpaired) electrons. The van der Waals surface area contributed by atoms with Crippen molar-refractivity contribution >= 4 is 18.3 Å². The van der Waals surface area contributed by atoms with Crippen LogP contribution in [0, 0.1) is 0 Å². The van der Waals surface area contributed by atoms with E-state index in [1.54, 1.807) is 27.7 Å². The van der Waals surface area contributed by atoms with Gasteiger partial charge in [0, 0.05) is 58.7 Å². The van der Waals surface area contributed by atoms with Crippen molar-refractivity contribution in [3.63, 3.8) is 0 Å². The van der Waals surface area contributed by atoms with E-state index in [4.69, 9.17) is 36.8 Å². The molecule has 0 aliphatic rings. The highest BCUT2D eigenvalue weighted by molar-refractivity contribution is 6.60. The highest BCUT2D eigenvalue weighted by Gasteiger charge is 2.50. The molecule has 0 fully saturated rings. The van der Waals surface area contributed by atoms with E-state index >= 15 is 0 Å². The fraction of sp³-hybridized carbons (Fsp3) is 0.926. The molecule has 9 nitrogen and oxygen atoms in total. The van der Waals surface area contributed by atoms with Crippen LogP contribution in [0.1, 0.15) is 89.0 Å². The molecule has 0 amide bonds. The molecule has 0 saturated heterocycles. The first kappa shape index (κ1) is 52.9. The van der Waals surface area contributed by atoms with Gasteiger partial charge in [0.2, 0.25) is 0 Å². The average Bonchev–Trinajstić information content (AvgIpc) is 2.85. The summed E-state index contributed by atoms with van der Waals surface area (Å²) in [5.74, 6) is 0. The highest BCUT2D eigenvalue weighted by Crippen LogP contribution is 2.35. The van der Waals surface area contributed by atoms with E-state index in [2.05, 4.69) is 6.58 Å². The Morgan fingerprint density at radius 1 is 0.682 bits per heavy atom. The first-order valence-corrected chi connectivity index (χ1v) is 17.6. The number of aliphatic hydroxyl groups is 3. The smallest absolute Gasteiger partial charge is 0.397 e. The molecule has 3 N–H and O–H groups in total. The minimum absolute atomic E-state index is 0. The normalized spacial score (nSPS) is 14.3. The molecular weight excluding hydrogens is 638 g/mol. The van der Waals surface area contributed by atoms with Crippen LogP contribution in [-0.2, 0) is 26.6 Å². The third-order valence-electron chi connectivity index (χ3n) is 4.91. The lowest BCUT2D eigenvalue weighted by molar-refractivity contribution is -0.255. The van der Waals surface area contributed by atoms with Gasteiger partial charge in [-0.3, -0.25) is 0 Å². The van der Waals surface area contributed by atoms with Gasteiger partial charge >= 0.3 is 30.7 Å². The van der Waals surface area contributed by atoms with E-state index in [9.17, 15) is 31.4 Å². The Hall–Kier alpha value is -0.606. The number of hydrogen-bond donors (Lipinski definition) is 3. The maximum atomic E-state index is 12.6. The summed E-state index contributed by atoms with van der Waals surface area (Å²) in [5.41, 5.74) is -5.33. The van der Waals surface area contributed by atoms with Crippen molar-refractivity contribution in [2.24, 2.45) is 0 Å². The minimum atomic E-state index is -4.64. The van der Waals surface area contributed by atoms with Crippen molar-refractivity contribution in [3.05, 3.63) is 12.7 Å². The number of hydrogen-bond acceptors (Lipinski definition) is 9. The second-order valence-electron chi connectivity index (χ2n) is 8.84. The number of aliphatic hydroxyl groups excluding tert-OH is 1. The van der Waals surface area contributed by atoms with Crippen LogP contribution in [0.5, 0.6) is 0 Å². The number of halogens is 6. The second-order valence-corrected chi connectivity index (χ2v) is 13.2. The lowest BCUT2D eigenvalue weighted by Gasteiger charge is -2.30. The van der Waals surface area contributed by atoms with Gasteiger partial charge in [0.25, 0.3) is 0 Å². The fourth-order valence-corrected chi connectivity index (χ4v) is 6.46. The van der Waals surface area contributed by atoms with E-state index < -0.39 is 54.7 Å². The van der Waals surface area contributed by atoms with Crippen molar-refractivity contribution in [1.29, 1.82) is 0 Å². The van der Waals surface area contributed by atoms with Crippen molar-refractivity contribution in [1.82, 2.24) is 0 Å². The summed E-state index contributed by atoms with van der Waals surface area (Å²) < 4.78 is 105. The zero-order chi connectivity index (χ0) is 34.8. The van der Waals surface area contributed by atoms with Gasteiger partial charge in [-0.15, -0.1) is 6.58 Å². The predicted molar refractivity (Wildman–Crippen MR) is 164 cm³/mol. The van der Waals surface area contributed by atoms with Gasteiger partial charge in [0.1, 0.15) is 0 Å². The van der Waals surface area contributed by atoms with Crippen LogP contribution in [0.15, 0.2) is 12.7 Å². The Bertz CT molecular complexity index is 611. The van der Waals surface area contributed by atoms with Gasteiger partial charge in [-0.2, -0.15) is 26.3 Å². The average molecular weight is 699 g/mol. The summed E-state index contributed by atoms with van der Waals surface area (Å²) in [7, 11) is -4.67. The number of alkyl halides is 6. The van der Waals surface area contributed by atoms with Crippen molar-refractivity contribution in [2.45, 2.75) is 119 Å². The van der Waals surface area contributed by atoms with Crippen molar-refractivity contribution < 1.29 is 68.2 Å². The molecule has 0 rings (SSSR count). The maximum absolute atomic E-state index is 12.6. The largest absolute Gasteiger partial charge is 0.500 e.